The molecule has 21 heavy (non-hydrogen) atoms. The van der Waals surface area contributed by atoms with Crippen molar-refractivity contribution in [3.8, 4) is 5.75 Å². The van der Waals surface area contributed by atoms with E-state index in [1.165, 1.54) is 31.2 Å². The van der Waals surface area contributed by atoms with Crippen LogP contribution in [0.2, 0.25) is 0 Å². The second-order valence-electron chi connectivity index (χ2n) is 6.99. The van der Waals surface area contributed by atoms with Gasteiger partial charge in [0.25, 0.3) is 0 Å². The number of hydrogen-bond donors (Lipinski definition) is 1. The van der Waals surface area contributed by atoms with Crippen molar-refractivity contribution in [1.29, 1.82) is 0 Å². The lowest BCUT2D eigenvalue weighted by Gasteiger charge is -2.35. The third kappa shape index (κ3) is 3.78. The van der Waals surface area contributed by atoms with Gasteiger partial charge in [-0.05, 0) is 64.3 Å². The maximum atomic E-state index is 5.70. The van der Waals surface area contributed by atoms with Gasteiger partial charge in [-0.3, -0.25) is 4.90 Å². The van der Waals surface area contributed by atoms with Crippen molar-refractivity contribution >= 4 is 0 Å². The number of rotatable bonds is 5. The van der Waals surface area contributed by atoms with E-state index in [2.05, 4.69) is 55.4 Å². The highest BCUT2D eigenvalue weighted by Crippen LogP contribution is 2.30. The van der Waals surface area contributed by atoms with Gasteiger partial charge in [-0.2, -0.15) is 0 Å². The highest BCUT2D eigenvalue weighted by atomic mass is 16.5. The molecule has 1 N–H and O–H groups in total. The van der Waals surface area contributed by atoms with Crippen molar-refractivity contribution in [1.82, 2.24) is 10.2 Å². The lowest BCUT2D eigenvalue weighted by molar-refractivity contribution is 0.166. The number of nitrogens with zero attached hydrogens (tertiary/aromatic N) is 1. The van der Waals surface area contributed by atoms with Crippen LogP contribution in [0.5, 0.6) is 5.75 Å². The molecule has 3 rings (SSSR count). The zero-order valence-corrected chi connectivity index (χ0v) is 13.5. The van der Waals surface area contributed by atoms with Gasteiger partial charge in [0, 0.05) is 24.7 Å². The molecule has 0 aromatic heterocycles. The summed E-state index contributed by atoms with van der Waals surface area (Å²) in [6.07, 6.45) is 5.60. The molecule has 3 heteroatoms. The molecule has 2 atom stereocenters. The van der Waals surface area contributed by atoms with E-state index in [0.29, 0.717) is 0 Å². The van der Waals surface area contributed by atoms with Crippen molar-refractivity contribution in [2.45, 2.75) is 70.3 Å². The average molecular weight is 288 g/mol. The molecule has 2 aliphatic heterocycles. The second-order valence-corrected chi connectivity index (χ2v) is 6.99. The molecule has 0 aliphatic carbocycles. The minimum absolute atomic E-state index is 0.240. The summed E-state index contributed by atoms with van der Waals surface area (Å²) < 4.78 is 5.70. The molecule has 2 aliphatic rings. The lowest BCUT2D eigenvalue weighted by atomic mass is 9.98. The van der Waals surface area contributed by atoms with Crippen LogP contribution in [0.3, 0.4) is 0 Å². The third-order valence-corrected chi connectivity index (χ3v) is 4.80. The summed E-state index contributed by atoms with van der Waals surface area (Å²) in [6.45, 7) is 5.16. The number of benzene rings is 1. The van der Waals surface area contributed by atoms with Crippen LogP contribution in [-0.4, -0.2) is 36.2 Å². The molecule has 2 fully saturated rings. The van der Waals surface area contributed by atoms with Gasteiger partial charge >= 0.3 is 0 Å². The van der Waals surface area contributed by atoms with Gasteiger partial charge in [-0.1, -0.05) is 12.1 Å². The van der Waals surface area contributed by atoms with Crippen LogP contribution in [0.4, 0.5) is 0 Å². The second kappa shape index (κ2) is 6.37. The summed E-state index contributed by atoms with van der Waals surface area (Å²) in [7, 11) is 2.27. The van der Waals surface area contributed by atoms with Crippen LogP contribution >= 0.6 is 0 Å². The van der Waals surface area contributed by atoms with Gasteiger partial charge < -0.3 is 10.1 Å². The third-order valence-electron chi connectivity index (χ3n) is 4.80. The number of nitrogens with one attached hydrogen (secondary N) is 1. The van der Waals surface area contributed by atoms with Crippen LogP contribution in [-0.2, 0) is 6.54 Å². The van der Waals surface area contributed by atoms with Gasteiger partial charge in [0.05, 0.1) is 6.10 Å². The Labute approximate surface area is 128 Å². The molecule has 0 amide bonds. The number of piperidine rings is 1. The van der Waals surface area contributed by atoms with Crippen molar-refractivity contribution < 1.29 is 4.74 Å². The Morgan fingerprint density at radius 3 is 2.33 bits per heavy atom. The first-order valence-corrected chi connectivity index (χ1v) is 8.32. The Hall–Kier alpha value is -1.06. The molecular formula is C18H28N2O. The minimum atomic E-state index is 0.240. The van der Waals surface area contributed by atoms with E-state index in [1.54, 1.807) is 0 Å². The normalized spacial score (nSPS) is 28.3. The lowest BCUT2D eigenvalue weighted by Crippen LogP contribution is -2.46. The average Bonchev–Trinajstić information content (AvgIpc) is 2.79. The largest absolute Gasteiger partial charge is 0.491 e. The minimum Gasteiger partial charge on any atom is -0.491 e. The van der Waals surface area contributed by atoms with Crippen LogP contribution in [0, 0.1) is 0 Å². The van der Waals surface area contributed by atoms with E-state index in [4.69, 9.17) is 4.74 Å². The van der Waals surface area contributed by atoms with Crippen molar-refractivity contribution in [2.75, 3.05) is 7.05 Å². The van der Waals surface area contributed by atoms with Gasteiger partial charge in [-0.25, -0.2) is 0 Å². The van der Waals surface area contributed by atoms with Crippen LogP contribution in [0.25, 0.3) is 0 Å². The molecule has 0 saturated carbocycles. The topological polar surface area (TPSA) is 24.5 Å². The van der Waals surface area contributed by atoms with Gasteiger partial charge in [-0.15, -0.1) is 0 Å². The first-order chi connectivity index (χ1) is 10.1. The van der Waals surface area contributed by atoms with E-state index in [-0.39, 0.29) is 6.10 Å². The summed E-state index contributed by atoms with van der Waals surface area (Å²) >= 11 is 0. The summed E-state index contributed by atoms with van der Waals surface area (Å²) in [6, 6.07) is 10.8. The zero-order chi connectivity index (χ0) is 14.8. The predicted octanol–water partition coefficient (Wildman–Crippen LogP) is 3.19. The maximum Gasteiger partial charge on any atom is 0.119 e. The van der Waals surface area contributed by atoms with E-state index >= 15 is 0 Å². The van der Waals surface area contributed by atoms with E-state index in [1.807, 2.05) is 0 Å². The fraction of sp³-hybridized carbons (Fsp3) is 0.667. The Balaban J connectivity index is 1.55. The van der Waals surface area contributed by atoms with Gasteiger partial charge in [0.15, 0.2) is 0 Å². The van der Waals surface area contributed by atoms with E-state index in [9.17, 15) is 0 Å². The SMILES string of the molecule is CC(C)Oc1ccc(CN(C)C2CC3CCC(C2)N3)cc1. The predicted molar refractivity (Wildman–Crippen MR) is 86.6 cm³/mol. The highest BCUT2D eigenvalue weighted by molar-refractivity contribution is 5.27. The Bertz CT molecular complexity index is 445. The summed E-state index contributed by atoms with van der Waals surface area (Å²) in [5, 5.41) is 3.72. The maximum absolute atomic E-state index is 5.70. The Kier molecular flexibility index (Phi) is 4.51. The molecule has 2 heterocycles. The van der Waals surface area contributed by atoms with Crippen molar-refractivity contribution in [2.24, 2.45) is 0 Å². The molecule has 2 bridgehead atoms. The molecule has 116 valence electrons. The fourth-order valence-corrected chi connectivity index (χ4v) is 3.75. The van der Waals surface area contributed by atoms with Crippen molar-refractivity contribution in [3.05, 3.63) is 29.8 Å². The molecule has 3 nitrogen and oxygen atoms in total. The van der Waals surface area contributed by atoms with Gasteiger partial charge in [0.1, 0.15) is 5.75 Å². The fourth-order valence-electron chi connectivity index (χ4n) is 3.75. The first-order valence-electron chi connectivity index (χ1n) is 8.32. The molecule has 1 aromatic rings. The smallest absolute Gasteiger partial charge is 0.119 e. The highest BCUT2D eigenvalue weighted by Gasteiger charge is 2.34. The first kappa shape index (κ1) is 14.9. The number of hydrogen-bond acceptors (Lipinski definition) is 3. The van der Waals surface area contributed by atoms with Crippen LogP contribution < -0.4 is 10.1 Å². The number of ether oxygens (including phenoxy) is 1. The Morgan fingerprint density at radius 1 is 1.14 bits per heavy atom. The molecular weight excluding hydrogens is 260 g/mol. The number of fused-ring (bicyclic) bond motifs is 2. The van der Waals surface area contributed by atoms with Crippen molar-refractivity contribution in [3.63, 3.8) is 0 Å². The van der Waals surface area contributed by atoms with Gasteiger partial charge in [0.2, 0.25) is 0 Å². The monoisotopic (exact) mass is 288 g/mol. The van der Waals surface area contributed by atoms with Crippen LogP contribution in [0.1, 0.15) is 45.1 Å². The standard InChI is InChI=1S/C18H28N2O/c1-13(2)21-18-8-4-14(5-9-18)12-20(3)17-10-15-6-7-16(11-17)19-15/h4-5,8-9,13,15-17,19H,6-7,10-12H2,1-3H3. The Morgan fingerprint density at radius 2 is 1.76 bits per heavy atom. The zero-order valence-electron chi connectivity index (χ0n) is 13.5. The quantitative estimate of drug-likeness (QED) is 0.900. The molecule has 0 spiro atoms. The van der Waals surface area contributed by atoms with E-state index in [0.717, 1.165) is 30.4 Å². The molecule has 0 radical (unpaired) electrons. The van der Waals surface area contributed by atoms with Crippen LogP contribution in [0.15, 0.2) is 24.3 Å². The summed E-state index contributed by atoms with van der Waals surface area (Å²) in [5.41, 5.74) is 1.37. The summed E-state index contributed by atoms with van der Waals surface area (Å²) in [5.74, 6) is 0.969. The van der Waals surface area contributed by atoms with E-state index < -0.39 is 0 Å². The summed E-state index contributed by atoms with van der Waals surface area (Å²) in [4.78, 5) is 2.53. The molecule has 1 aromatic carbocycles. The molecule has 2 saturated heterocycles. The molecule has 2 unspecified atom stereocenters.